The molecule has 2 aromatic heterocycles. The number of hydrogen-bond acceptors (Lipinski definition) is 13. The van der Waals surface area contributed by atoms with E-state index in [1.165, 1.54) is 18.3 Å². The number of fused-ring (bicyclic) bond motifs is 1. The van der Waals surface area contributed by atoms with E-state index >= 15 is 0 Å². The average molecular weight is 610 g/mol. The molecule has 12 N–H and O–H groups in total. The van der Waals surface area contributed by atoms with Crippen LogP contribution in [-0.2, 0) is 31.0 Å². The molecule has 2 amide bonds. The first-order chi connectivity index (χ1) is 19.6. The predicted molar refractivity (Wildman–Crippen MR) is 145 cm³/mol. The minimum atomic E-state index is -4.19. The molecule has 3 rings (SSSR count). The van der Waals surface area contributed by atoms with E-state index in [1.54, 1.807) is 12.1 Å². The molecular weight excluding hydrogens is 582 g/mol. The van der Waals surface area contributed by atoms with Gasteiger partial charge < -0.3 is 38.0 Å². The molecule has 1 unspecified atom stereocenters. The van der Waals surface area contributed by atoms with E-state index < -0.39 is 57.3 Å². The Hall–Kier alpha value is -5.21. The van der Waals surface area contributed by atoms with Crippen molar-refractivity contribution in [3.8, 4) is 0 Å². The summed E-state index contributed by atoms with van der Waals surface area (Å²) < 4.78 is 28.1. The molecule has 0 fully saturated rings. The largest absolute Gasteiger partial charge is 0.481 e. The van der Waals surface area contributed by atoms with Gasteiger partial charge in [-0.3, -0.25) is 28.7 Å². The number of nitrogens with two attached hydrogens (primary N) is 3. The van der Waals surface area contributed by atoms with Crippen molar-refractivity contribution in [2.75, 3.05) is 16.8 Å². The van der Waals surface area contributed by atoms with Crippen molar-refractivity contribution in [3.05, 3.63) is 52.1 Å². The molecule has 2 atom stereocenters. The minimum absolute atomic E-state index is 0.0524. The van der Waals surface area contributed by atoms with E-state index in [4.69, 9.17) is 26.2 Å². The lowest BCUT2D eigenvalue weighted by atomic mass is 10.1. The Morgan fingerprint density at radius 2 is 1.71 bits per heavy atom. The monoisotopic (exact) mass is 609 g/mol. The van der Waals surface area contributed by atoms with Gasteiger partial charge in [-0.25, -0.2) is 14.8 Å². The normalized spacial score (nSPS) is 12.3. The Morgan fingerprint density at radius 3 is 2.24 bits per heavy atom. The molecule has 0 aliphatic rings. The molecule has 0 bridgehead atoms. The Balaban J connectivity index is 0.000000528. The first-order valence-electron chi connectivity index (χ1n) is 11.7. The first kappa shape index (κ1) is 33.0. The third kappa shape index (κ3) is 10.7. The first-order valence-corrected chi connectivity index (χ1v) is 13.3. The number of hydrogen-bond donors (Lipinski definition) is 9. The molecular formula is C22H27N9O10S. The molecule has 0 saturated heterocycles. The number of aliphatic carboxylic acids is 2. The third-order valence-electron chi connectivity index (χ3n) is 5.11. The van der Waals surface area contributed by atoms with E-state index in [2.05, 4.69) is 36.3 Å². The Bertz CT molecular complexity index is 1630. The number of rotatable bonds is 12. The summed E-state index contributed by atoms with van der Waals surface area (Å²) in [5.41, 5.74) is 16.0. The fraction of sp³-hybridized carbons (Fsp3) is 0.273. The van der Waals surface area contributed by atoms with Gasteiger partial charge in [-0.05, 0) is 30.7 Å². The topological polar surface area (TPSA) is 337 Å². The number of anilines is 2. The SMILES string of the molecule is NC(=O)[C@@H](N)CS(=O)(=O)O.Nc1nc2ncc(CNc3ccc(C(=O)NC(CCC(=O)O)C(=O)O)cc3)nc2c(=O)[nH]1. The van der Waals surface area contributed by atoms with Crippen LogP contribution in [0.15, 0.2) is 35.3 Å². The number of carbonyl (C=O) groups is 4. The van der Waals surface area contributed by atoms with Crippen LogP contribution in [0.25, 0.3) is 11.2 Å². The van der Waals surface area contributed by atoms with Gasteiger partial charge >= 0.3 is 11.9 Å². The van der Waals surface area contributed by atoms with Crippen LogP contribution in [-0.4, -0.2) is 84.7 Å². The van der Waals surface area contributed by atoms with Gasteiger partial charge in [-0.15, -0.1) is 0 Å². The highest BCUT2D eigenvalue weighted by Crippen LogP contribution is 2.12. The van der Waals surface area contributed by atoms with E-state index in [9.17, 15) is 32.4 Å². The summed E-state index contributed by atoms with van der Waals surface area (Å²) >= 11 is 0. The van der Waals surface area contributed by atoms with E-state index in [0.717, 1.165) is 0 Å². The van der Waals surface area contributed by atoms with Crippen molar-refractivity contribution in [1.29, 1.82) is 0 Å². The van der Waals surface area contributed by atoms with Gasteiger partial charge in [-0.2, -0.15) is 13.4 Å². The number of primary amides is 1. The maximum absolute atomic E-state index is 12.3. The number of benzene rings is 1. The quantitative estimate of drug-likeness (QED) is 0.0969. The predicted octanol–water partition coefficient (Wildman–Crippen LogP) is -2.36. The third-order valence-corrected chi connectivity index (χ3v) is 5.89. The summed E-state index contributed by atoms with van der Waals surface area (Å²) in [7, 11) is -4.19. The molecule has 2 heterocycles. The molecule has 0 spiro atoms. The number of aromatic nitrogens is 4. The lowest BCUT2D eigenvalue weighted by Crippen LogP contribution is -2.41. The highest BCUT2D eigenvalue weighted by atomic mass is 32.2. The zero-order chi connectivity index (χ0) is 31.6. The lowest BCUT2D eigenvalue weighted by molar-refractivity contribution is -0.140. The average Bonchev–Trinajstić information content (AvgIpc) is 2.89. The van der Waals surface area contributed by atoms with Crippen LogP contribution in [0.3, 0.4) is 0 Å². The van der Waals surface area contributed by atoms with E-state index in [0.29, 0.717) is 11.4 Å². The Morgan fingerprint density at radius 1 is 1.07 bits per heavy atom. The van der Waals surface area contributed by atoms with E-state index in [1.807, 2.05) is 0 Å². The van der Waals surface area contributed by atoms with Crippen LogP contribution in [0.5, 0.6) is 0 Å². The lowest BCUT2D eigenvalue weighted by Gasteiger charge is -2.14. The number of carboxylic acid groups (broad SMARTS) is 2. The number of carboxylic acids is 2. The molecule has 3 aromatic rings. The number of carbonyl (C=O) groups excluding carboxylic acids is 2. The number of nitrogen functional groups attached to an aromatic ring is 1. The highest BCUT2D eigenvalue weighted by Gasteiger charge is 2.21. The van der Waals surface area contributed by atoms with Crippen molar-refractivity contribution >= 4 is 56.7 Å². The van der Waals surface area contributed by atoms with Gasteiger partial charge in [0.1, 0.15) is 12.1 Å². The van der Waals surface area contributed by atoms with Crippen LogP contribution in [0.4, 0.5) is 11.6 Å². The van der Waals surface area contributed by atoms with Crippen molar-refractivity contribution in [3.63, 3.8) is 0 Å². The van der Waals surface area contributed by atoms with Gasteiger partial charge in [0.05, 0.1) is 24.2 Å². The molecule has 0 aliphatic carbocycles. The number of amides is 2. The van der Waals surface area contributed by atoms with Gasteiger partial charge in [0, 0.05) is 17.7 Å². The van der Waals surface area contributed by atoms with Gasteiger partial charge in [0.15, 0.2) is 11.2 Å². The number of aromatic amines is 1. The summed E-state index contributed by atoms with van der Waals surface area (Å²) in [4.78, 5) is 70.7. The molecule has 0 aliphatic heterocycles. The summed E-state index contributed by atoms with van der Waals surface area (Å²) in [5, 5.41) is 23.2. The van der Waals surface area contributed by atoms with Gasteiger partial charge in [-0.1, -0.05) is 0 Å². The fourth-order valence-electron chi connectivity index (χ4n) is 3.06. The molecule has 42 heavy (non-hydrogen) atoms. The van der Waals surface area contributed by atoms with Crippen LogP contribution < -0.4 is 33.4 Å². The van der Waals surface area contributed by atoms with Gasteiger partial charge in [0.25, 0.3) is 21.6 Å². The Labute approximate surface area is 236 Å². The Kier molecular flexibility index (Phi) is 11.3. The van der Waals surface area contributed by atoms with Crippen LogP contribution >= 0.6 is 0 Å². The number of nitrogens with zero attached hydrogens (tertiary/aromatic N) is 3. The summed E-state index contributed by atoms with van der Waals surface area (Å²) in [6.07, 6.45) is 0.840. The summed E-state index contributed by atoms with van der Waals surface area (Å²) in [5.74, 6) is -4.95. The van der Waals surface area contributed by atoms with Crippen molar-refractivity contribution < 1.29 is 42.4 Å². The molecule has 226 valence electrons. The highest BCUT2D eigenvalue weighted by molar-refractivity contribution is 7.85. The zero-order valence-corrected chi connectivity index (χ0v) is 22.4. The van der Waals surface area contributed by atoms with Gasteiger partial charge in [0.2, 0.25) is 11.9 Å². The zero-order valence-electron chi connectivity index (χ0n) is 21.6. The standard InChI is InChI=1S/C19H19N7O6.C3H8N2O4S/c20-19-25-15-14(17(30)26-19)23-11(8-22-15)7-21-10-3-1-9(2-4-10)16(29)24-12(18(31)32)5-6-13(27)28;4-2(3(5)6)1-10(7,8)9/h1-4,8,12,21H,5-7H2,(H,24,29)(H,27,28)(H,31,32)(H3,20,22,25,26,30);2H,1,4H2,(H2,5,6)(H,7,8,9)/t;2-/m.0/s1. The molecule has 19 nitrogen and oxygen atoms in total. The van der Waals surface area contributed by atoms with Crippen LogP contribution in [0, 0.1) is 0 Å². The molecule has 0 saturated carbocycles. The molecule has 1 aromatic carbocycles. The molecule has 0 radical (unpaired) electrons. The van der Waals surface area contributed by atoms with Crippen molar-refractivity contribution in [1.82, 2.24) is 25.3 Å². The smallest absolute Gasteiger partial charge is 0.326 e. The number of nitrogens with one attached hydrogen (secondary N) is 3. The van der Waals surface area contributed by atoms with Crippen molar-refractivity contribution in [2.24, 2.45) is 11.5 Å². The fourth-order valence-corrected chi connectivity index (χ4v) is 3.68. The van der Waals surface area contributed by atoms with Crippen LogP contribution in [0.1, 0.15) is 28.9 Å². The minimum Gasteiger partial charge on any atom is -0.481 e. The summed E-state index contributed by atoms with van der Waals surface area (Å²) in [6, 6.07) is 3.52. The maximum atomic E-state index is 12.3. The molecule has 20 heteroatoms. The second-order valence-corrected chi connectivity index (χ2v) is 9.97. The second-order valence-electron chi connectivity index (χ2n) is 8.47. The van der Waals surface area contributed by atoms with E-state index in [-0.39, 0.29) is 42.1 Å². The summed E-state index contributed by atoms with van der Waals surface area (Å²) in [6.45, 7) is 0.231. The maximum Gasteiger partial charge on any atom is 0.326 e. The number of H-pyrrole nitrogens is 1. The second kappa shape index (κ2) is 14.4. The van der Waals surface area contributed by atoms with Crippen molar-refractivity contribution in [2.45, 2.75) is 31.5 Å². The van der Waals surface area contributed by atoms with Crippen LogP contribution in [0.2, 0.25) is 0 Å².